The van der Waals surface area contributed by atoms with Crippen LogP contribution in [0.25, 0.3) is 0 Å². The van der Waals surface area contributed by atoms with Gasteiger partial charge < -0.3 is 30.9 Å². The smallest absolute Gasteiger partial charge is 0.363 e. The average molecular weight is 522 g/mol. The number of amides is 4. The van der Waals surface area contributed by atoms with Gasteiger partial charge in [0.05, 0.1) is 17.3 Å². The van der Waals surface area contributed by atoms with Gasteiger partial charge in [0.1, 0.15) is 5.84 Å². The zero-order valence-electron chi connectivity index (χ0n) is 18.3. The van der Waals surface area contributed by atoms with E-state index in [-0.39, 0.29) is 54.4 Å². The van der Waals surface area contributed by atoms with Crippen molar-refractivity contribution in [2.45, 2.75) is 25.7 Å². The zero-order valence-corrected chi connectivity index (χ0v) is 19.2. The maximum atomic E-state index is 12.7. The van der Waals surface area contributed by atoms with Crippen LogP contribution in [0.3, 0.4) is 0 Å². The summed E-state index contributed by atoms with van der Waals surface area (Å²) in [6.07, 6.45) is -0.976. The van der Waals surface area contributed by atoms with E-state index in [4.69, 9.17) is 30.9 Å². The number of benzene rings is 1. The third-order valence-corrected chi connectivity index (χ3v) is 5.26. The van der Waals surface area contributed by atoms with E-state index in [1.54, 1.807) is 0 Å². The molecule has 2 saturated heterocycles. The van der Waals surface area contributed by atoms with Crippen molar-refractivity contribution in [2.75, 3.05) is 6.16 Å². The summed E-state index contributed by atoms with van der Waals surface area (Å²) in [6.45, 7) is 0. The number of nitrogens with zero attached hydrogens (tertiary/aromatic N) is 4. The molecule has 2 heterocycles. The fourth-order valence-corrected chi connectivity index (χ4v) is 3.30. The van der Waals surface area contributed by atoms with E-state index in [2.05, 4.69) is 10.2 Å². The standard InChI is InChI=1S/C19H19N6O10P/c20-12(8-36(32)33)22-23-17(21)9-5-10(18(30)34-24-13(26)1-2-14(24)27)7-11(6-9)19(31)35-25-15(28)3-4-16(25)29/h5-7,32-33H,1-4,8H2,(H2,20,22)(H2,21,23). The predicted molar refractivity (Wildman–Crippen MR) is 118 cm³/mol. The quantitative estimate of drug-likeness (QED) is 0.0991. The number of hydrogen-bond acceptors (Lipinski definition) is 12. The van der Waals surface area contributed by atoms with E-state index >= 15 is 0 Å². The van der Waals surface area contributed by atoms with Crippen LogP contribution in [-0.2, 0) is 28.9 Å². The second-order valence-corrected chi connectivity index (χ2v) is 8.39. The fraction of sp³-hybridized carbons (Fsp3) is 0.263. The van der Waals surface area contributed by atoms with Crippen LogP contribution in [0.2, 0.25) is 0 Å². The van der Waals surface area contributed by atoms with Gasteiger partial charge in [-0.15, -0.1) is 20.3 Å². The molecule has 190 valence electrons. The molecule has 6 N–H and O–H groups in total. The molecule has 0 saturated carbocycles. The summed E-state index contributed by atoms with van der Waals surface area (Å²) in [6, 6.07) is 3.14. The first-order chi connectivity index (χ1) is 17.0. The van der Waals surface area contributed by atoms with Crippen LogP contribution in [0.1, 0.15) is 52.0 Å². The monoisotopic (exact) mass is 522 g/mol. The SMILES string of the molecule is N/C(CP(O)O)=N\N=C(/N)c1cc(C(=O)ON2C(=O)CCC2=O)cc(C(=O)ON2C(=O)CCC2=O)c1. The summed E-state index contributed by atoms with van der Waals surface area (Å²) in [7, 11) is -2.39. The molecule has 0 unspecified atom stereocenters. The molecular weight excluding hydrogens is 503 g/mol. The number of amidine groups is 2. The largest absolute Gasteiger partial charge is 0.385 e. The zero-order chi connectivity index (χ0) is 26.6. The number of hydroxylamine groups is 4. The van der Waals surface area contributed by atoms with Crippen LogP contribution in [0.5, 0.6) is 0 Å². The fourth-order valence-electron chi connectivity index (χ4n) is 2.95. The van der Waals surface area contributed by atoms with Crippen molar-refractivity contribution in [3.05, 3.63) is 34.9 Å². The van der Waals surface area contributed by atoms with Crippen LogP contribution >= 0.6 is 8.38 Å². The minimum atomic E-state index is -2.39. The van der Waals surface area contributed by atoms with E-state index in [0.29, 0.717) is 10.1 Å². The molecule has 1 aromatic rings. The highest BCUT2D eigenvalue weighted by atomic mass is 31.2. The number of hydrogen-bond donors (Lipinski definition) is 4. The van der Waals surface area contributed by atoms with Crippen molar-refractivity contribution in [1.82, 2.24) is 10.1 Å². The lowest BCUT2D eigenvalue weighted by molar-refractivity contribution is -0.173. The highest BCUT2D eigenvalue weighted by Crippen LogP contribution is 2.21. The van der Waals surface area contributed by atoms with Crippen LogP contribution in [-0.4, -0.2) is 73.3 Å². The molecule has 2 aliphatic rings. The van der Waals surface area contributed by atoms with Gasteiger partial charge in [0.25, 0.3) is 23.6 Å². The summed E-state index contributed by atoms with van der Waals surface area (Å²) < 4.78 is 0. The molecular formula is C19H19N6O10P. The van der Waals surface area contributed by atoms with Gasteiger partial charge in [-0.1, -0.05) is 0 Å². The van der Waals surface area contributed by atoms with Crippen LogP contribution in [0.15, 0.2) is 28.4 Å². The first-order valence-electron chi connectivity index (χ1n) is 10.1. The first-order valence-corrected chi connectivity index (χ1v) is 11.5. The molecule has 2 fully saturated rings. The van der Waals surface area contributed by atoms with Crippen LogP contribution < -0.4 is 11.5 Å². The Morgan fingerprint density at radius 1 is 0.778 bits per heavy atom. The van der Waals surface area contributed by atoms with Crippen molar-refractivity contribution in [3.63, 3.8) is 0 Å². The predicted octanol–water partition coefficient (Wildman–Crippen LogP) is -1.60. The molecule has 0 aromatic heterocycles. The van der Waals surface area contributed by atoms with E-state index in [0.717, 1.165) is 18.2 Å². The van der Waals surface area contributed by atoms with Gasteiger partial charge in [-0.3, -0.25) is 19.2 Å². The van der Waals surface area contributed by atoms with E-state index in [1.165, 1.54) is 0 Å². The maximum absolute atomic E-state index is 12.7. The maximum Gasteiger partial charge on any atom is 0.363 e. The normalized spacial score (nSPS) is 16.9. The molecule has 0 spiro atoms. The average Bonchev–Trinajstić information content (AvgIpc) is 3.31. The minimum Gasteiger partial charge on any atom is -0.385 e. The Labute approximate surface area is 202 Å². The van der Waals surface area contributed by atoms with Crippen molar-refractivity contribution < 1.29 is 48.2 Å². The Bertz CT molecular complexity index is 1110. The number of carbonyl (C=O) groups excluding carboxylic acids is 6. The van der Waals surface area contributed by atoms with Crippen LogP contribution in [0, 0.1) is 0 Å². The molecule has 2 aliphatic heterocycles. The molecule has 36 heavy (non-hydrogen) atoms. The molecule has 1 aromatic carbocycles. The van der Waals surface area contributed by atoms with Gasteiger partial charge in [0, 0.05) is 31.2 Å². The van der Waals surface area contributed by atoms with E-state index < -0.39 is 49.8 Å². The molecule has 0 radical (unpaired) electrons. The van der Waals surface area contributed by atoms with Gasteiger partial charge in [-0.2, -0.15) is 0 Å². The minimum absolute atomic E-state index is 0.110. The van der Waals surface area contributed by atoms with Gasteiger partial charge in [0.15, 0.2) is 14.2 Å². The summed E-state index contributed by atoms with van der Waals surface area (Å²) in [5.41, 5.74) is 10.5. The third kappa shape index (κ3) is 6.24. The Kier molecular flexibility index (Phi) is 8.03. The van der Waals surface area contributed by atoms with Gasteiger partial charge in [-0.05, 0) is 18.2 Å². The molecule has 0 atom stereocenters. The third-order valence-electron chi connectivity index (χ3n) is 4.65. The summed E-state index contributed by atoms with van der Waals surface area (Å²) in [5.74, 6) is -6.08. The molecule has 0 aliphatic carbocycles. The molecule has 17 heteroatoms. The highest BCUT2D eigenvalue weighted by molar-refractivity contribution is 7.46. The molecule has 4 amide bonds. The molecule has 3 rings (SSSR count). The summed E-state index contributed by atoms with van der Waals surface area (Å²) in [5, 5.41) is 7.71. The van der Waals surface area contributed by atoms with E-state index in [1.807, 2.05) is 0 Å². The lowest BCUT2D eigenvalue weighted by atomic mass is 10.0. The highest BCUT2D eigenvalue weighted by Gasteiger charge is 2.35. The van der Waals surface area contributed by atoms with Crippen LogP contribution in [0.4, 0.5) is 0 Å². The lowest BCUT2D eigenvalue weighted by Gasteiger charge is -2.15. The Morgan fingerprint density at radius 3 is 1.56 bits per heavy atom. The topological polar surface area (TPSA) is 245 Å². The Hall–Kier alpha value is -4.27. The van der Waals surface area contributed by atoms with Crippen molar-refractivity contribution in [2.24, 2.45) is 21.7 Å². The lowest BCUT2D eigenvalue weighted by Crippen LogP contribution is -2.33. The molecule has 16 nitrogen and oxygen atoms in total. The van der Waals surface area contributed by atoms with Gasteiger partial charge >= 0.3 is 11.9 Å². The Morgan fingerprint density at radius 2 is 1.17 bits per heavy atom. The first kappa shape index (κ1) is 26.3. The summed E-state index contributed by atoms with van der Waals surface area (Å²) >= 11 is 0. The van der Waals surface area contributed by atoms with E-state index in [9.17, 15) is 28.8 Å². The summed E-state index contributed by atoms with van der Waals surface area (Å²) in [4.78, 5) is 100. The second-order valence-electron chi connectivity index (χ2n) is 7.33. The number of imide groups is 2. The van der Waals surface area contributed by atoms with Gasteiger partial charge in [-0.25, -0.2) is 9.59 Å². The second kappa shape index (κ2) is 11.0. The van der Waals surface area contributed by atoms with Crippen molar-refractivity contribution >= 4 is 55.6 Å². The number of carbonyl (C=O) groups is 6. The molecule has 0 bridgehead atoms. The van der Waals surface area contributed by atoms with Gasteiger partial charge in [0.2, 0.25) is 0 Å². The number of rotatable bonds is 8. The van der Waals surface area contributed by atoms with Crippen molar-refractivity contribution in [3.8, 4) is 0 Å². The number of nitrogens with two attached hydrogens (primary N) is 2. The van der Waals surface area contributed by atoms with Crippen molar-refractivity contribution in [1.29, 1.82) is 0 Å². The Balaban J connectivity index is 1.94.